The quantitative estimate of drug-likeness (QED) is 0.190. The molecule has 0 aliphatic rings. The summed E-state index contributed by atoms with van der Waals surface area (Å²) in [7, 11) is 0. The van der Waals surface area contributed by atoms with Gasteiger partial charge in [-0.05, 0) is 93.3 Å². The summed E-state index contributed by atoms with van der Waals surface area (Å²) in [5, 5.41) is 14.2. The molecule has 0 radical (unpaired) electrons. The van der Waals surface area contributed by atoms with E-state index in [9.17, 15) is 9.90 Å². The molecular formula is C32H41NO4S. The summed E-state index contributed by atoms with van der Waals surface area (Å²) in [6.07, 6.45) is 2.11. The van der Waals surface area contributed by atoms with Crippen LogP contribution in [0.2, 0.25) is 0 Å². The number of hydrogen-bond acceptors (Lipinski definition) is 6. The maximum atomic E-state index is 12.2. The summed E-state index contributed by atoms with van der Waals surface area (Å²) >= 11 is 1.74. The highest BCUT2D eigenvalue weighted by Gasteiger charge is 2.21. The Morgan fingerprint density at radius 1 is 1.08 bits per heavy atom. The molecule has 0 spiro atoms. The van der Waals surface area contributed by atoms with Crippen LogP contribution in [-0.2, 0) is 15.9 Å². The number of ether oxygens (including phenoxy) is 2. The number of rotatable bonds is 13. The Balaban J connectivity index is 1.59. The molecule has 3 rings (SSSR count). The van der Waals surface area contributed by atoms with Gasteiger partial charge in [-0.2, -0.15) is 0 Å². The molecule has 3 aromatic carbocycles. The average molecular weight is 536 g/mol. The molecule has 3 aromatic rings. The fraction of sp³-hybridized carbons (Fsp3) is 0.406. The standard InChI is InChI=1S/C32H41NO4S/c1-7-36-31(35)28-16-15-25(17-22(28)2)30-14-9-8-13-29(30)23(3)37-21-26(34)20-33-32(4,5)19-24-11-10-12-27(18-24)38-6/h8-18,23,26,33-34H,7,19-21H2,1-6H3. The maximum Gasteiger partial charge on any atom is 0.338 e. The summed E-state index contributed by atoms with van der Waals surface area (Å²) < 4.78 is 11.3. The van der Waals surface area contributed by atoms with Gasteiger partial charge in [0.25, 0.3) is 0 Å². The predicted octanol–water partition coefficient (Wildman–Crippen LogP) is 6.61. The first kappa shape index (κ1) is 29.9. The SMILES string of the molecule is CCOC(=O)c1ccc(-c2ccccc2C(C)OCC(O)CNC(C)(C)Cc2cccc(SC)c2)cc1C. The smallest absolute Gasteiger partial charge is 0.338 e. The van der Waals surface area contributed by atoms with Gasteiger partial charge in [-0.3, -0.25) is 0 Å². The third-order valence-corrected chi connectivity index (χ3v) is 7.29. The van der Waals surface area contributed by atoms with E-state index in [0.717, 1.165) is 28.7 Å². The summed E-state index contributed by atoms with van der Waals surface area (Å²) in [6, 6.07) is 22.4. The third-order valence-electron chi connectivity index (χ3n) is 6.57. The van der Waals surface area contributed by atoms with E-state index in [-0.39, 0.29) is 24.2 Å². The molecule has 2 N–H and O–H groups in total. The molecule has 38 heavy (non-hydrogen) atoms. The summed E-state index contributed by atoms with van der Waals surface area (Å²) in [6.45, 7) is 11.0. The molecule has 2 unspecified atom stereocenters. The van der Waals surface area contributed by atoms with Crippen molar-refractivity contribution in [3.63, 3.8) is 0 Å². The van der Waals surface area contributed by atoms with Crippen LogP contribution < -0.4 is 5.32 Å². The van der Waals surface area contributed by atoms with Crippen molar-refractivity contribution in [1.82, 2.24) is 5.32 Å². The Hall–Kier alpha value is -2.64. The largest absolute Gasteiger partial charge is 0.462 e. The third kappa shape index (κ3) is 8.43. The number of carbonyl (C=O) groups excluding carboxylic acids is 1. The Bertz CT molecular complexity index is 1210. The van der Waals surface area contributed by atoms with Crippen LogP contribution in [0.1, 0.15) is 60.8 Å². The molecule has 204 valence electrons. The molecular weight excluding hydrogens is 494 g/mol. The van der Waals surface area contributed by atoms with Gasteiger partial charge in [0.05, 0.1) is 31.0 Å². The number of β-amino-alcohol motifs (C(OH)–C–C–N with tert-alkyl or cyclic N) is 1. The fourth-order valence-corrected chi connectivity index (χ4v) is 5.02. The van der Waals surface area contributed by atoms with E-state index >= 15 is 0 Å². The van der Waals surface area contributed by atoms with Crippen LogP contribution in [0, 0.1) is 6.92 Å². The van der Waals surface area contributed by atoms with E-state index in [0.29, 0.717) is 18.7 Å². The van der Waals surface area contributed by atoms with Gasteiger partial charge in [0.2, 0.25) is 0 Å². The van der Waals surface area contributed by atoms with Crippen molar-refractivity contribution in [2.45, 2.75) is 63.7 Å². The van der Waals surface area contributed by atoms with Crippen LogP contribution in [-0.4, -0.2) is 48.7 Å². The fourth-order valence-electron chi connectivity index (χ4n) is 4.54. The molecule has 0 fully saturated rings. The lowest BCUT2D eigenvalue weighted by molar-refractivity contribution is -0.00397. The van der Waals surface area contributed by atoms with Gasteiger partial charge < -0.3 is 19.9 Å². The van der Waals surface area contributed by atoms with E-state index in [1.165, 1.54) is 10.5 Å². The van der Waals surface area contributed by atoms with E-state index in [1.807, 2.05) is 50.2 Å². The van der Waals surface area contributed by atoms with Gasteiger partial charge in [-0.15, -0.1) is 11.8 Å². The molecule has 0 heterocycles. The van der Waals surface area contributed by atoms with E-state index < -0.39 is 6.10 Å². The number of esters is 1. The number of benzene rings is 3. The number of thioether (sulfide) groups is 1. The Kier molecular flexibility index (Phi) is 11.0. The zero-order valence-corrected chi connectivity index (χ0v) is 24.2. The van der Waals surface area contributed by atoms with Crippen LogP contribution in [0.25, 0.3) is 11.1 Å². The minimum atomic E-state index is -0.632. The molecule has 0 bridgehead atoms. The highest BCUT2D eigenvalue weighted by atomic mass is 32.2. The van der Waals surface area contributed by atoms with Crippen LogP contribution in [0.5, 0.6) is 0 Å². The van der Waals surface area contributed by atoms with Gasteiger partial charge in [0.15, 0.2) is 0 Å². The summed E-state index contributed by atoms with van der Waals surface area (Å²) in [5.74, 6) is -0.305. The zero-order valence-electron chi connectivity index (χ0n) is 23.4. The van der Waals surface area contributed by atoms with Crippen molar-refractivity contribution >= 4 is 17.7 Å². The molecule has 0 saturated carbocycles. The van der Waals surface area contributed by atoms with Crippen molar-refractivity contribution in [3.05, 3.63) is 89.0 Å². The van der Waals surface area contributed by atoms with Crippen LogP contribution in [0.4, 0.5) is 0 Å². The number of aliphatic hydroxyl groups is 1. The molecule has 5 nitrogen and oxygen atoms in total. The van der Waals surface area contributed by atoms with Crippen molar-refractivity contribution < 1.29 is 19.4 Å². The zero-order chi connectivity index (χ0) is 27.7. The monoisotopic (exact) mass is 535 g/mol. The molecule has 0 aliphatic heterocycles. The van der Waals surface area contributed by atoms with Crippen molar-refractivity contribution in [3.8, 4) is 11.1 Å². The Morgan fingerprint density at radius 2 is 1.84 bits per heavy atom. The molecule has 6 heteroatoms. The molecule has 0 saturated heterocycles. The van der Waals surface area contributed by atoms with Gasteiger partial charge in [0, 0.05) is 17.0 Å². The second kappa shape index (κ2) is 13.9. The molecule has 0 aliphatic carbocycles. The number of hydrogen-bond donors (Lipinski definition) is 2. The van der Waals surface area contributed by atoms with E-state index in [2.05, 4.69) is 55.8 Å². The second-order valence-electron chi connectivity index (χ2n) is 10.3. The molecule has 2 atom stereocenters. The molecule has 0 aromatic heterocycles. The minimum Gasteiger partial charge on any atom is -0.462 e. The first-order chi connectivity index (χ1) is 18.1. The number of nitrogens with one attached hydrogen (secondary N) is 1. The van der Waals surface area contributed by atoms with Gasteiger partial charge >= 0.3 is 5.97 Å². The van der Waals surface area contributed by atoms with Crippen LogP contribution in [0.15, 0.2) is 71.6 Å². The second-order valence-corrected chi connectivity index (χ2v) is 11.1. The van der Waals surface area contributed by atoms with Crippen molar-refractivity contribution in [2.75, 3.05) is 26.0 Å². The predicted molar refractivity (Wildman–Crippen MR) is 157 cm³/mol. The summed E-state index contributed by atoms with van der Waals surface area (Å²) in [4.78, 5) is 13.5. The molecule has 0 amide bonds. The number of carbonyl (C=O) groups is 1. The van der Waals surface area contributed by atoms with Gasteiger partial charge in [-0.25, -0.2) is 4.79 Å². The van der Waals surface area contributed by atoms with E-state index in [1.54, 1.807) is 18.7 Å². The summed E-state index contributed by atoms with van der Waals surface area (Å²) in [5.41, 5.74) is 5.64. The number of aliphatic hydroxyl groups excluding tert-OH is 1. The lowest BCUT2D eigenvalue weighted by atomic mass is 9.94. The maximum absolute atomic E-state index is 12.2. The Labute approximate surface area is 232 Å². The first-order valence-electron chi connectivity index (χ1n) is 13.2. The van der Waals surface area contributed by atoms with Crippen molar-refractivity contribution in [1.29, 1.82) is 0 Å². The Morgan fingerprint density at radius 3 is 2.55 bits per heavy atom. The number of aryl methyl sites for hydroxylation is 1. The van der Waals surface area contributed by atoms with Crippen molar-refractivity contribution in [2.24, 2.45) is 0 Å². The minimum absolute atomic E-state index is 0.163. The highest BCUT2D eigenvalue weighted by Crippen LogP contribution is 2.31. The lowest BCUT2D eigenvalue weighted by Crippen LogP contribution is -2.46. The van der Waals surface area contributed by atoms with Crippen LogP contribution in [0.3, 0.4) is 0 Å². The van der Waals surface area contributed by atoms with Gasteiger partial charge in [-0.1, -0.05) is 48.5 Å². The lowest BCUT2D eigenvalue weighted by Gasteiger charge is -2.28. The highest BCUT2D eigenvalue weighted by molar-refractivity contribution is 7.98. The van der Waals surface area contributed by atoms with Gasteiger partial charge in [0.1, 0.15) is 0 Å². The normalized spacial score (nSPS) is 13.2. The topological polar surface area (TPSA) is 67.8 Å². The van der Waals surface area contributed by atoms with Crippen LogP contribution >= 0.6 is 11.8 Å². The first-order valence-corrected chi connectivity index (χ1v) is 14.4. The average Bonchev–Trinajstić information content (AvgIpc) is 2.90. The van der Waals surface area contributed by atoms with E-state index in [4.69, 9.17) is 9.47 Å².